The minimum atomic E-state index is -4.64. The van der Waals surface area contributed by atoms with Gasteiger partial charge in [0.15, 0.2) is 11.8 Å². The van der Waals surface area contributed by atoms with Gasteiger partial charge < -0.3 is 5.73 Å². The maximum atomic E-state index is 13.1. The molecule has 2 nitrogen and oxygen atoms in total. The van der Waals surface area contributed by atoms with Crippen LogP contribution in [0, 0.1) is 34.5 Å². The summed E-state index contributed by atoms with van der Waals surface area (Å²) in [5, 5.41) is 0. The minimum Gasteiger partial charge on any atom is -0.314 e. The van der Waals surface area contributed by atoms with Gasteiger partial charge in [0.2, 0.25) is 0 Å². The second kappa shape index (κ2) is 6.33. The number of hydrogen-bond acceptors (Lipinski definition) is 2. The number of carbonyl (C=O) groups excluding carboxylic acids is 1. The summed E-state index contributed by atoms with van der Waals surface area (Å²) in [5.74, 6) is 0.171. The van der Waals surface area contributed by atoms with E-state index in [0.717, 1.165) is 25.7 Å². The van der Waals surface area contributed by atoms with E-state index in [0.29, 0.717) is 24.2 Å². The van der Waals surface area contributed by atoms with Gasteiger partial charge in [-0.3, -0.25) is 4.79 Å². The molecule has 0 aromatic rings. The Morgan fingerprint density at radius 2 is 1.89 bits per heavy atom. The van der Waals surface area contributed by atoms with Crippen LogP contribution in [0.3, 0.4) is 0 Å². The maximum Gasteiger partial charge on any atom is 0.410 e. The van der Waals surface area contributed by atoms with Crippen molar-refractivity contribution in [3.8, 4) is 0 Å². The van der Waals surface area contributed by atoms with E-state index in [1.165, 1.54) is 25.7 Å². The molecule has 0 radical (unpaired) electrons. The zero-order valence-corrected chi connectivity index (χ0v) is 16.4. The predicted octanol–water partition coefficient (Wildman–Crippen LogP) is 5.41. The van der Waals surface area contributed by atoms with Crippen LogP contribution >= 0.6 is 0 Å². The molecule has 0 saturated heterocycles. The number of hydrogen-bond donors (Lipinski definition) is 1. The van der Waals surface area contributed by atoms with Crippen molar-refractivity contribution in [2.75, 3.05) is 0 Å². The number of halogens is 3. The Labute approximate surface area is 160 Å². The molecule has 0 aliphatic heterocycles. The number of allylic oxidation sites excluding steroid dienone is 2. The zero-order chi connectivity index (χ0) is 19.6. The Morgan fingerprint density at radius 1 is 1.15 bits per heavy atom. The van der Waals surface area contributed by atoms with Crippen LogP contribution in [0.5, 0.6) is 0 Å². The molecule has 1 unspecified atom stereocenters. The van der Waals surface area contributed by atoms with E-state index in [-0.39, 0.29) is 10.8 Å². The van der Waals surface area contributed by atoms with Crippen LogP contribution in [0.1, 0.15) is 71.6 Å². The van der Waals surface area contributed by atoms with Crippen molar-refractivity contribution in [3.63, 3.8) is 0 Å². The molecular formula is C22H32F3NO. The van der Waals surface area contributed by atoms with Gasteiger partial charge in [0.25, 0.3) is 0 Å². The molecule has 4 aliphatic rings. The SMILES string of the molecule is C[C@]12CC[C@H]3[C@@H](CC=C4CCCC[C@@]43C)[C@@H]1CC[C@@H]2C(=O)C(N)C(F)(F)F. The molecule has 4 rings (SSSR count). The number of fused-ring (bicyclic) bond motifs is 5. The zero-order valence-electron chi connectivity index (χ0n) is 16.4. The number of ketones is 1. The molecule has 0 amide bonds. The van der Waals surface area contributed by atoms with Crippen LogP contribution in [0.4, 0.5) is 13.2 Å². The van der Waals surface area contributed by atoms with E-state index < -0.39 is 23.9 Å². The highest BCUT2D eigenvalue weighted by Crippen LogP contribution is 2.66. The lowest BCUT2D eigenvalue weighted by molar-refractivity contribution is -0.167. The van der Waals surface area contributed by atoms with Crippen LogP contribution in [-0.4, -0.2) is 18.0 Å². The van der Waals surface area contributed by atoms with Crippen molar-refractivity contribution >= 4 is 5.78 Å². The molecule has 27 heavy (non-hydrogen) atoms. The molecule has 4 aliphatic carbocycles. The van der Waals surface area contributed by atoms with Crippen LogP contribution in [-0.2, 0) is 4.79 Å². The highest BCUT2D eigenvalue weighted by atomic mass is 19.4. The summed E-state index contributed by atoms with van der Waals surface area (Å²) >= 11 is 0. The standard InChI is InChI=1S/C22H32F3NO/c1-20-11-4-3-5-13(20)6-7-14-15-8-9-17(18(27)19(26)22(23,24)25)21(15,2)12-10-16(14)20/h6,14-17,19H,3-5,7-12,26H2,1-2H3/t14-,15-,16-,17+,19?,20-,21-/m0/s1. The number of alkyl halides is 3. The van der Waals surface area contributed by atoms with Crippen molar-refractivity contribution in [3.05, 3.63) is 11.6 Å². The molecule has 0 aromatic carbocycles. The lowest BCUT2D eigenvalue weighted by atomic mass is 9.47. The lowest BCUT2D eigenvalue weighted by Crippen LogP contribution is -2.53. The third kappa shape index (κ3) is 2.82. The Morgan fingerprint density at radius 3 is 2.59 bits per heavy atom. The fourth-order valence-corrected chi connectivity index (χ4v) is 7.54. The Hall–Kier alpha value is -0.840. The smallest absolute Gasteiger partial charge is 0.314 e. The number of carbonyl (C=O) groups is 1. The topological polar surface area (TPSA) is 43.1 Å². The van der Waals surface area contributed by atoms with Crippen molar-refractivity contribution < 1.29 is 18.0 Å². The first-order valence-electron chi connectivity index (χ1n) is 10.6. The van der Waals surface area contributed by atoms with Crippen LogP contribution in [0.15, 0.2) is 11.6 Å². The fraction of sp³-hybridized carbons (Fsp3) is 0.864. The first-order chi connectivity index (χ1) is 12.6. The molecule has 152 valence electrons. The van der Waals surface area contributed by atoms with Gasteiger partial charge in [0, 0.05) is 5.92 Å². The third-order valence-corrected chi connectivity index (χ3v) is 9.02. The van der Waals surface area contributed by atoms with Gasteiger partial charge >= 0.3 is 6.18 Å². The molecule has 0 bridgehead atoms. The Kier molecular flexibility index (Phi) is 4.57. The average Bonchev–Trinajstić information content (AvgIpc) is 2.96. The lowest BCUT2D eigenvalue weighted by Gasteiger charge is -2.57. The molecule has 0 heterocycles. The minimum absolute atomic E-state index is 0.271. The summed E-state index contributed by atoms with van der Waals surface area (Å²) in [6.07, 6.45) is 7.21. The summed E-state index contributed by atoms with van der Waals surface area (Å²) in [5.41, 5.74) is 6.89. The van der Waals surface area contributed by atoms with E-state index in [4.69, 9.17) is 5.73 Å². The molecule has 3 saturated carbocycles. The fourth-order valence-electron chi connectivity index (χ4n) is 7.54. The quantitative estimate of drug-likeness (QED) is 0.648. The van der Waals surface area contributed by atoms with Gasteiger partial charge in [0.05, 0.1) is 0 Å². The van der Waals surface area contributed by atoms with Gasteiger partial charge in [-0.2, -0.15) is 13.2 Å². The summed E-state index contributed by atoms with van der Waals surface area (Å²) in [4.78, 5) is 12.6. The summed E-state index contributed by atoms with van der Waals surface area (Å²) < 4.78 is 39.2. The van der Waals surface area contributed by atoms with Gasteiger partial charge in [-0.05, 0) is 80.0 Å². The van der Waals surface area contributed by atoms with Crippen LogP contribution < -0.4 is 5.73 Å². The Bertz CT molecular complexity index is 656. The van der Waals surface area contributed by atoms with E-state index >= 15 is 0 Å². The molecule has 3 fully saturated rings. The van der Waals surface area contributed by atoms with E-state index in [1.54, 1.807) is 5.57 Å². The molecule has 7 atom stereocenters. The number of Topliss-reactive ketones (excluding diaryl/α,β-unsaturated/α-hetero) is 1. The van der Waals surface area contributed by atoms with Crippen LogP contribution in [0.2, 0.25) is 0 Å². The van der Waals surface area contributed by atoms with Crippen molar-refractivity contribution in [1.82, 2.24) is 0 Å². The second-order valence-corrected chi connectivity index (χ2v) is 10.1. The third-order valence-electron chi connectivity index (χ3n) is 9.02. The van der Waals surface area contributed by atoms with Gasteiger partial charge in [-0.25, -0.2) is 0 Å². The van der Waals surface area contributed by atoms with E-state index in [1.807, 2.05) is 0 Å². The summed E-state index contributed by atoms with van der Waals surface area (Å²) in [7, 11) is 0. The first kappa shape index (κ1) is 19.5. The molecule has 0 aromatic heterocycles. The molecule has 2 N–H and O–H groups in total. The summed E-state index contributed by atoms with van der Waals surface area (Å²) in [6, 6.07) is -2.33. The van der Waals surface area contributed by atoms with Gasteiger partial charge in [-0.1, -0.05) is 31.9 Å². The first-order valence-corrected chi connectivity index (χ1v) is 10.6. The van der Waals surface area contributed by atoms with Gasteiger partial charge in [0.1, 0.15) is 0 Å². The predicted molar refractivity (Wildman–Crippen MR) is 98.8 cm³/mol. The molecule has 0 spiro atoms. The number of rotatable bonds is 2. The number of nitrogens with two attached hydrogens (primary N) is 1. The van der Waals surface area contributed by atoms with E-state index in [2.05, 4.69) is 19.9 Å². The van der Waals surface area contributed by atoms with Gasteiger partial charge in [-0.15, -0.1) is 0 Å². The van der Waals surface area contributed by atoms with Crippen molar-refractivity contribution in [2.24, 2.45) is 40.2 Å². The monoisotopic (exact) mass is 383 g/mol. The maximum absolute atomic E-state index is 13.1. The van der Waals surface area contributed by atoms with Crippen molar-refractivity contribution in [1.29, 1.82) is 0 Å². The van der Waals surface area contributed by atoms with Crippen molar-refractivity contribution in [2.45, 2.75) is 83.9 Å². The Balaban J connectivity index is 1.60. The normalized spacial score (nSPS) is 45.3. The molecular weight excluding hydrogens is 351 g/mol. The highest BCUT2D eigenvalue weighted by Gasteiger charge is 2.61. The van der Waals surface area contributed by atoms with E-state index in [9.17, 15) is 18.0 Å². The second-order valence-electron chi connectivity index (χ2n) is 10.1. The van der Waals surface area contributed by atoms with Crippen LogP contribution in [0.25, 0.3) is 0 Å². The average molecular weight is 383 g/mol. The molecule has 5 heteroatoms. The largest absolute Gasteiger partial charge is 0.410 e. The summed E-state index contributed by atoms with van der Waals surface area (Å²) in [6.45, 7) is 4.50. The highest BCUT2D eigenvalue weighted by molar-refractivity contribution is 5.88.